The van der Waals surface area contributed by atoms with Crippen molar-refractivity contribution in [2.75, 3.05) is 11.9 Å². The maximum absolute atomic E-state index is 13.4. The molecule has 5 nitrogen and oxygen atoms in total. The fraction of sp³-hybridized carbons (Fsp3) is 0.143. The Morgan fingerprint density at radius 1 is 1.09 bits per heavy atom. The number of halogens is 3. The molecule has 0 bridgehead atoms. The van der Waals surface area contributed by atoms with Crippen LogP contribution in [0.25, 0.3) is 0 Å². The summed E-state index contributed by atoms with van der Waals surface area (Å²) in [6.45, 7) is 1.16. The van der Waals surface area contributed by atoms with E-state index >= 15 is 0 Å². The van der Waals surface area contributed by atoms with Gasteiger partial charge in [-0.3, -0.25) is 9.59 Å². The standard InChI is InChI=1S/C14H11F3N2O3/c1-7-2-5-10(22-7)14(21)18-6-11(20)19-9-4-3-8(15)12(16)13(9)17/h2-5H,6H2,1H3,(H,18,21)(H,19,20). The predicted molar refractivity (Wildman–Crippen MR) is 70.7 cm³/mol. The fourth-order valence-electron chi connectivity index (χ4n) is 1.62. The van der Waals surface area contributed by atoms with Gasteiger partial charge in [-0.25, -0.2) is 13.2 Å². The van der Waals surface area contributed by atoms with Crippen LogP contribution in [0.1, 0.15) is 16.3 Å². The van der Waals surface area contributed by atoms with Gasteiger partial charge in [0.2, 0.25) is 5.91 Å². The van der Waals surface area contributed by atoms with Crippen molar-refractivity contribution in [1.82, 2.24) is 5.32 Å². The summed E-state index contributed by atoms with van der Waals surface area (Å²) in [5.41, 5.74) is -0.521. The highest BCUT2D eigenvalue weighted by Crippen LogP contribution is 2.19. The number of carbonyl (C=O) groups excluding carboxylic acids is 2. The van der Waals surface area contributed by atoms with E-state index in [1.54, 1.807) is 13.0 Å². The van der Waals surface area contributed by atoms with E-state index < -0.39 is 41.5 Å². The highest BCUT2D eigenvalue weighted by molar-refractivity contribution is 5.98. The van der Waals surface area contributed by atoms with Crippen LogP contribution in [0.3, 0.4) is 0 Å². The molecule has 0 aliphatic heterocycles. The Morgan fingerprint density at radius 2 is 1.82 bits per heavy atom. The number of hydrogen-bond donors (Lipinski definition) is 2. The Labute approximate surface area is 123 Å². The molecule has 0 aliphatic rings. The topological polar surface area (TPSA) is 71.3 Å². The van der Waals surface area contributed by atoms with Crippen molar-refractivity contribution < 1.29 is 27.2 Å². The summed E-state index contributed by atoms with van der Waals surface area (Å²) in [5.74, 6) is -5.45. The number of amides is 2. The summed E-state index contributed by atoms with van der Waals surface area (Å²) in [6.07, 6.45) is 0. The van der Waals surface area contributed by atoms with Crippen molar-refractivity contribution in [3.63, 3.8) is 0 Å². The molecule has 0 spiro atoms. The molecule has 116 valence electrons. The average Bonchev–Trinajstić information content (AvgIpc) is 2.92. The third-order valence-electron chi connectivity index (χ3n) is 2.68. The van der Waals surface area contributed by atoms with Gasteiger partial charge in [-0.15, -0.1) is 0 Å². The minimum atomic E-state index is -1.69. The molecule has 0 saturated carbocycles. The van der Waals surface area contributed by atoms with Gasteiger partial charge in [-0.05, 0) is 31.2 Å². The van der Waals surface area contributed by atoms with E-state index in [4.69, 9.17) is 4.42 Å². The van der Waals surface area contributed by atoms with Crippen LogP contribution in [0.2, 0.25) is 0 Å². The average molecular weight is 312 g/mol. The van der Waals surface area contributed by atoms with Crippen molar-refractivity contribution in [3.8, 4) is 0 Å². The van der Waals surface area contributed by atoms with Crippen LogP contribution in [-0.2, 0) is 4.79 Å². The molecule has 2 rings (SSSR count). The van der Waals surface area contributed by atoms with Crippen LogP contribution in [0.15, 0.2) is 28.7 Å². The maximum atomic E-state index is 13.4. The molecule has 1 aromatic carbocycles. The van der Waals surface area contributed by atoms with Gasteiger partial charge in [0.15, 0.2) is 23.2 Å². The van der Waals surface area contributed by atoms with Gasteiger partial charge in [0, 0.05) is 0 Å². The fourth-order valence-corrected chi connectivity index (χ4v) is 1.62. The number of anilines is 1. The van der Waals surface area contributed by atoms with Crippen LogP contribution in [-0.4, -0.2) is 18.4 Å². The van der Waals surface area contributed by atoms with E-state index in [0.29, 0.717) is 11.8 Å². The number of hydrogen-bond acceptors (Lipinski definition) is 3. The molecular weight excluding hydrogens is 301 g/mol. The van der Waals surface area contributed by atoms with E-state index in [9.17, 15) is 22.8 Å². The van der Waals surface area contributed by atoms with Crippen LogP contribution in [0.4, 0.5) is 18.9 Å². The van der Waals surface area contributed by atoms with E-state index in [-0.39, 0.29) is 5.76 Å². The Kier molecular flexibility index (Phi) is 4.50. The first kappa shape index (κ1) is 15.6. The van der Waals surface area contributed by atoms with Crippen molar-refractivity contribution in [2.45, 2.75) is 6.92 Å². The van der Waals surface area contributed by atoms with Crippen LogP contribution < -0.4 is 10.6 Å². The quantitative estimate of drug-likeness (QED) is 0.852. The largest absolute Gasteiger partial charge is 0.456 e. The molecule has 0 unspecified atom stereocenters. The molecule has 2 amide bonds. The van der Waals surface area contributed by atoms with Crippen LogP contribution >= 0.6 is 0 Å². The number of nitrogens with one attached hydrogen (secondary N) is 2. The summed E-state index contributed by atoms with van der Waals surface area (Å²) in [7, 11) is 0. The molecule has 2 aromatic rings. The molecule has 0 saturated heterocycles. The second-order valence-electron chi connectivity index (χ2n) is 4.36. The zero-order valence-electron chi connectivity index (χ0n) is 11.4. The maximum Gasteiger partial charge on any atom is 0.287 e. The lowest BCUT2D eigenvalue weighted by molar-refractivity contribution is -0.115. The zero-order chi connectivity index (χ0) is 16.3. The van der Waals surface area contributed by atoms with Gasteiger partial charge < -0.3 is 15.1 Å². The second kappa shape index (κ2) is 6.33. The summed E-state index contributed by atoms with van der Waals surface area (Å²) in [4.78, 5) is 23.2. The molecule has 1 heterocycles. The minimum Gasteiger partial charge on any atom is -0.456 e. The van der Waals surface area contributed by atoms with Gasteiger partial charge in [-0.2, -0.15) is 0 Å². The summed E-state index contributed by atoms with van der Waals surface area (Å²) >= 11 is 0. The van der Waals surface area contributed by atoms with Crippen molar-refractivity contribution >= 4 is 17.5 Å². The SMILES string of the molecule is Cc1ccc(C(=O)NCC(=O)Nc2ccc(F)c(F)c2F)o1. The highest BCUT2D eigenvalue weighted by atomic mass is 19.2. The summed E-state index contributed by atoms with van der Waals surface area (Å²) in [5, 5.41) is 4.27. The first-order valence-corrected chi connectivity index (χ1v) is 6.16. The minimum absolute atomic E-state index is 0.0179. The van der Waals surface area contributed by atoms with Crippen molar-refractivity contribution in [3.05, 3.63) is 53.2 Å². The van der Waals surface area contributed by atoms with E-state index in [1.807, 2.05) is 5.32 Å². The van der Waals surface area contributed by atoms with Gasteiger partial charge in [0.25, 0.3) is 5.91 Å². The molecule has 0 aliphatic carbocycles. The normalized spacial score (nSPS) is 10.4. The number of furan rings is 1. The Hall–Kier alpha value is -2.77. The molecule has 1 aromatic heterocycles. The second-order valence-corrected chi connectivity index (χ2v) is 4.36. The Morgan fingerprint density at radius 3 is 2.45 bits per heavy atom. The number of benzene rings is 1. The predicted octanol–water partition coefficient (Wildman–Crippen LogP) is 2.37. The summed E-state index contributed by atoms with van der Waals surface area (Å²) in [6, 6.07) is 4.56. The summed E-state index contributed by atoms with van der Waals surface area (Å²) < 4.78 is 44.1. The first-order valence-electron chi connectivity index (χ1n) is 6.16. The van der Waals surface area contributed by atoms with Crippen molar-refractivity contribution in [2.24, 2.45) is 0 Å². The van der Waals surface area contributed by atoms with E-state index in [2.05, 4.69) is 5.32 Å². The zero-order valence-corrected chi connectivity index (χ0v) is 11.4. The Bertz CT molecular complexity index is 728. The van der Waals surface area contributed by atoms with Crippen LogP contribution in [0, 0.1) is 24.4 Å². The molecule has 0 atom stereocenters. The van der Waals surface area contributed by atoms with Gasteiger partial charge in [-0.1, -0.05) is 0 Å². The van der Waals surface area contributed by atoms with Crippen LogP contribution in [0.5, 0.6) is 0 Å². The highest BCUT2D eigenvalue weighted by Gasteiger charge is 2.16. The third kappa shape index (κ3) is 3.46. The van der Waals surface area contributed by atoms with Gasteiger partial charge >= 0.3 is 0 Å². The molecule has 0 fully saturated rings. The van der Waals surface area contributed by atoms with Crippen molar-refractivity contribution in [1.29, 1.82) is 0 Å². The lowest BCUT2D eigenvalue weighted by Crippen LogP contribution is -2.32. The Balaban J connectivity index is 1.94. The third-order valence-corrected chi connectivity index (χ3v) is 2.68. The number of carbonyl (C=O) groups is 2. The lowest BCUT2D eigenvalue weighted by Gasteiger charge is -2.07. The van der Waals surface area contributed by atoms with E-state index in [1.165, 1.54) is 6.07 Å². The molecular formula is C14H11F3N2O3. The monoisotopic (exact) mass is 312 g/mol. The smallest absolute Gasteiger partial charge is 0.287 e. The van der Waals surface area contributed by atoms with Gasteiger partial charge in [0.05, 0.1) is 12.2 Å². The first-order chi connectivity index (χ1) is 10.4. The molecule has 22 heavy (non-hydrogen) atoms. The lowest BCUT2D eigenvalue weighted by atomic mass is 10.2. The molecule has 0 radical (unpaired) electrons. The number of aryl methyl sites for hydroxylation is 1. The molecule has 2 N–H and O–H groups in total. The van der Waals surface area contributed by atoms with E-state index in [0.717, 1.165) is 6.07 Å². The number of rotatable bonds is 4. The van der Waals surface area contributed by atoms with Gasteiger partial charge in [0.1, 0.15) is 5.76 Å². The molecule has 8 heteroatoms.